The van der Waals surface area contributed by atoms with Crippen molar-refractivity contribution in [1.82, 2.24) is 25.5 Å². The highest BCUT2D eigenvalue weighted by atomic mass is 19.4. The fourth-order valence-electron chi connectivity index (χ4n) is 3.99. The number of anilines is 1. The van der Waals surface area contributed by atoms with Crippen LogP contribution in [0.4, 0.5) is 23.4 Å². The van der Waals surface area contributed by atoms with E-state index in [0.29, 0.717) is 29.1 Å². The predicted molar refractivity (Wildman–Crippen MR) is 111 cm³/mol. The molecule has 0 saturated carbocycles. The van der Waals surface area contributed by atoms with Gasteiger partial charge in [0.25, 0.3) is 0 Å². The Morgan fingerprint density at radius 1 is 1.26 bits per heavy atom. The van der Waals surface area contributed by atoms with Gasteiger partial charge < -0.3 is 15.3 Å². The number of nitrogens with zero attached hydrogens (tertiary/aromatic N) is 4. The van der Waals surface area contributed by atoms with Crippen molar-refractivity contribution < 1.29 is 25.5 Å². The van der Waals surface area contributed by atoms with Crippen molar-refractivity contribution in [1.29, 1.82) is 0 Å². The van der Waals surface area contributed by atoms with Crippen LogP contribution in [0, 0.1) is 11.7 Å². The third-order valence-electron chi connectivity index (χ3n) is 5.76. The summed E-state index contributed by atoms with van der Waals surface area (Å²) in [7, 11) is 0. The number of hydrogen-bond acceptors (Lipinski definition) is 6. The zero-order chi connectivity index (χ0) is 22.4. The van der Waals surface area contributed by atoms with Crippen LogP contribution in [0.15, 0.2) is 30.5 Å². The van der Waals surface area contributed by atoms with Gasteiger partial charge in [0.2, 0.25) is 0 Å². The summed E-state index contributed by atoms with van der Waals surface area (Å²) < 4.78 is 55.8. The lowest BCUT2D eigenvalue weighted by atomic mass is 9.81. The molecule has 3 N–H and O–H groups in total. The molecule has 0 radical (unpaired) electrons. The minimum Gasteiger partial charge on any atom is -0.379 e. The average Bonchev–Trinajstić information content (AvgIpc) is 3.16. The number of piperazine rings is 1. The highest BCUT2D eigenvalue weighted by molar-refractivity contribution is 5.89. The van der Waals surface area contributed by atoms with Crippen molar-refractivity contribution in [3.05, 3.63) is 36.3 Å². The molecule has 4 rings (SSSR count). The van der Waals surface area contributed by atoms with Crippen molar-refractivity contribution in [3.8, 4) is 11.4 Å². The first kappa shape index (κ1) is 21.4. The molecule has 2 unspecified atom stereocenters. The van der Waals surface area contributed by atoms with E-state index in [2.05, 4.69) is 25.5 Å². The molecule has 0 spiro atoms. The summed E-state index contributed by atoms with van der Waals surface area (Å²) in [6.07, 6.45) is -3.25. The van der Waals surface area contributed by atoms with E-state index in [1.165, 1.54) is 26.0 Å². The van der Waals surface area contributed by atoms with Crippen LogP contribution < -0.4 is 10.2 Å². The molecule has 1 saturated heterocycles. The molecular weight excluding hydrogens is 416 g/mol. The maximum atomic E-state index is 14.6. The summed E-state index contributed by atoms with van der Waals surface area (Å²) in [6, 6.07) is 4.78. The zero-order valence-electron chi connectivity index (χ0n) is 16.9. The Bertz CT molecular complexity index is 1100. The molecular formula is C20H26F4N6O. The summed E-state index contributed by atoms with van der Waals surface area (Å²) in [5, 5.41) is 20.7. The molecule has 1 fully saturated rings. The van der Waals surface area contributed by atoms with Crippen LogP contribution in [0.3, 0.4) is 0 Å². The second kappa shape index (κ2) is 7.72. The molecule has 31 heavy (non-hydrogen) atoms. The molecule has 2 atom stereocenters. The molecule has 0 bridgehead atoms. The van der Waals surface area contributed by atoms with E-state index in [-0.39, 0.29) is 21.6 Å². The van der Waals surface area contributed by atoms with Gasteiger partial charge in [0.05, 0.1) is 11.7 Å². The first-order valence-corrected chi connectivity index (χ1v) is 9.86. The number of fused-ring (bicyclic) bond motifs is 1. The normalized spacial score (nSPS) is 19.7. The van der Waals surface area contributed by atoms with Gasteiger partial charge in [-0.15, -0.1) is 0 Å². The summed E-state index contributed by atoms with van der Waals surface area (Å²) in [5.74, 6) is -1.35. The van der Waals surface area contributed by atoms with Gasteiger partial charge in [-0.25, -0.2) is 14.4 Å². The number of aliphatic hydroxyl groups is 1. The lowest BCUT2D eigenvalue weighted by Crippen LogP contribution is -2.69. The monoisotopic (exact) mass is 442 g/mol. The number of pyridine rings is 2. The van der Waals surface area contributed by atoms with Gasteiger partial charge in [-0.2, -0.15) is 18.3 Å². The minimum absolute atomic E-state index is 0. The molecule has 170 valence electrons. The maximum Gasteiger partial charge on any atom is 0.419 e. The van der Waals surface area contributed by atoms with E-state index in [0.717, 1.165) is 0 Å². The van der Waals surface area contributed by atoms with Crippen LogP contribution in [0.1, 0.15) is 16.7 Å². The fraction of sp³-hybridized carbons (Fsp3) is 0.450. The van der Waals surface area contributed by atoms with E-state index in [1.807, 2.05) is 0 Å². The van der Waals surface area contributed by atoms with Crippen LogP contribution in [0.2, 0.25) is 0 Å². The molecule has 4 heterocycles. The summed E-state index contributed by atoms with van der Waals surface area (Å²) >= 11 is 0. The van der Waals surface area contributed by atoms with Crippen LogP contribution in [-0.2, 0) is 0 Å². The average molecular weight is 442 g/mol. The second-order valence-corrected chi connectivity index (χ2v) is 7.90. The Balaban J connectivity index is 0.00000193. The predicted octanol–water partition coefficient (Wildman–Crippen LogP) is 3.38. The summed E-state index contributed by atoms with van der Waals surface area (Å²) in [4.78, 5) is 10.1. The molecule has 0 amide bonds. The lowest BCUT2D eigenvalue weighted by molar-refractivity contribution is -0.286. The van der Waals surface area contributed by atoms with Crippen LogP contribution in [-0.4, -0.2) is 62.7 Å². The lowest BCUT2D eigenvalue weighted by Gasteiger charge is -2.45. The fourth-order valence-corrected chi connectivity index (χ4v) is 3.99. The number of aromatic nitrogens is 4. The number of hydrogen-bond donors (Lipinski definition) is 3. The smallest absolute Gasteiger partial charge is 0.379 e. The highest BCUT2D eigenvalue weighted by Gasteiger charge is 2.60. The van der Waals surface area contributed by atoms with Gasteiger partial charge in [0.1, 0.15) is 11.5 Å². The van der Waals surface area contributed by atoms with E-state index >= 15 is 0 Å². The number of alkyl halides is 3. The SMILES string of the molecule is CC(C)C(O)(C1CN(c2ccc(F)c(-c3[nH]nc4ncccc34)n2)CCN1)C(F)(F)F.[HH].[HH]. The second-order valence-electron chi connectivity index (χ2n) is 7.90. The molecule has 3 aromatic rings. The van der Waals surface area contributed by atoms with Crippen LogP contribution >= 0.6 is 0 Å². The Kier molecular flexibility index (Phi) is 5.34. The number of H-pyrrole nitrogens is 1. The van der Waals surface area contributed by atoms with Crippen molar-refractivity contribution in [2.45, 2.75) is 31.7 Å². The molecule has 1 aliphatic rings. The number of aromatic amines is 1. The maximum absolute atomic E-state index is 14.6. The number of halogens is 4. The largest absolute Gasteiger partial charge is 0.419 e. The quantitative estimate of drug-likeness (QED) is 0.537. The summed E-state index contributed by atoms with van der Waals surface area (Å²) in [6.45, 7) is 3.09. The van der Waals surface area contributed by atoms with E-state index in [9.17, 15) is 22.7 Å². The van der Waals surface area contributed by atoms with Crippen molar-refractivity contribution in [2.24, 2.45) is 5.92 Å². The van der Waals surface area contributed by atoms with Crippen LogP contribution in [0.5, 0.6) is 0 Å². The van der Waals surface area contributed by atoms with Crippen molar-refractivity contribution in [3.63, 3.8) is 0 Å². The Labute approximate surface area is 178 Å². The number of rotatable bonds is 4. The Morgan fingerprint density at radius 3 is 2.74 bits per heavy atom. The van der Waals surface area contributed by atoms with Gasteiger partial charge in [-0.05, 0) is 30.2 Å². The highest BCUT2D eigenvalue weighted by Crippen LogP contribution is 2.40. The van der Waals surface area contributed by atoms with Gasteiger partial charge in [0.15, 0.2) is 17.1 Å². The molecule has 11 heteroatoms. The van der Waals surface area contributed by atoms with E-state index < -0.39 is 29.6 Å². The molecule has 0 aliphatic carbocycles. The topological polar surface area (TPSA) is 90.0 Å². The third kappa shape index (κ3) is 3.61. The number of nitrogens with one attached hydrogen (secondary N) is 2. The van der Waals surface area contributed by atoms with E-state index in [4.69, 9.17) is 0 Å². The molecule has 3 aromatic heterocycles. The molecule has 1 aliphatic heterocycles. The zero-order valence-corrected chi connectivity index (χ0v) is 16.9. The van der Waals surface area contributed by atoms with Crippen LogP contribution in [0.25, 0.3) is 22.4 Å². The van der Waals surface area contributed by atoms with Gasteiger partial charge >= 0.3 is 6.18 Å². The van der Waals surface area contributed by atoms with Crippen molar-refractivity contribution in [2.75, 3.05) is 24.5 Å². The summed E-state index contributed by atoms with van der Waals surface area (Å²) in [5.41, 5.74) is -2.18. The third-order valence-corrected chi connectivity index (χ3v) is 5.76. The first-order chi connectivity index (χ1) is 14.6. The molecule has 7 nitrogen and oxygen atoms in total. The Hall–Kier alpha value is -2.79. The minimum atomic E-state index is -4.81. The Morgan fingerprint density at radius 2 is 2.03 bits per heavy atom. The van der Waals surface area contributed by atoms with Gasteiger partial charge in [-0.1, -0.05) is 13.8 Å². The van der Waals surface area contributed by atoms with Crippen molar-refractivity contribution >= 4 is 16.9 Å². The van der Waals surface area contributed by atoms with Gasteiger partial charge in [-0.3, -0.25) is 5.10 Å². The van der Waals surface area contributed by atoms with E-state index in [1.54, 1.807) is 23.2 Å². The first-order valence-electron chi connectivity index (χ1n) is 9.86. The van der Waals surface area contributed by atoms with Gasteiger partial charge in [0, 0.05) is 34.1 Å². The molecule has 0 aromatic carbocycles. The standard InChI is InChI=1S/C20H22F4N6O.2H2/c1-11(2)19(31,20(22,23)24)14-10-30(9-8-25-14)15-6-5-13(21)17(27-15)16-12-4-3-7-26-18(12)29-28-16;;/h3-7,11,14,25,31H,8-10H2,1-2H3,(H,26,28,29);2*1H.